The Hall–Kier alpha value is -1.67. The van der Waals surface area contributed by atoms with Gasteiger partial charge in [0.15, 0.2) is 0 Å². The van der Waals surface area contributed by atoms with Crippen molar-refractivity contribution in [1.82, 2.24) is 14.1 Å². The summed E-state index contributed by atoms with van der Waals surface area (Å²) in [6.07, 6.45) is 6.16. The van der Waals surface area contributed by atoms with Crippen LogP contribution in [0.25, 0.3) is 11.0 Å². The molecule has 0 N–H and O–H groups in total. The summed E-state index contributed by atoms with van der Waals surface area (Å²) < 4.78 is 4.83. The van der Waals surface area contributed by atoms with Crippen LogP contribution >= 0.6 is 12.2 Å². The lowest BCUT2D eigenvalue weighted by Crippen LogP contribution is -2.03. The Bertz CT molecular complexity index is 717. The molecule has 5 heteroatoms. The molecule has 92 valence electrons. The van der Waals surface area contributed by atoms with Gasteiger partial charge in [-0.1, -0.05) is 18.6 Å². The summed E-state index contributed by atoms with van der Waals surface area (Å²) in [6.45, 7) is 0.947. The Kier molecular flexibility index (Phi) is 2.67. The predicted octanol–water partition coefficient (Wildman–Crippen LogP) is 2.70. The number of hydrogen-bond acceptors (Lipinski definition) is 3. The van der Waals surface area contributed by atoms with Crippen LogP contribution < -0.4 is 0 Å². The summed E-state index contributed by atoms with van der Waals surface area (Å²) in [5.41, 5.74) is 3.58. The van der Waals surface area contributed by atoms with Gasteiger partial charge in [-0.05, 0) is 19.3 Å². The zero-order chi connectivity index (χ0) is 12.7. The van der Waals surface area contributed by atoms with E-state index >= 15 is 0 Å². The van der Waals surface area contributed by atoms with Gasteiger partial charge in [-0.2, -0.15) is 5.26 Å². The molecule has 3 rings (SSSR count). The number of nitriles is 1. The van der Waals surface area contributed by atoms with Crippen LogP contribution in [0.4, 0.5) is 0 Å². The fraction of sp³-hybridized carbons (Fsp3) is 0.462. The normalized spacial score (nSPS) is 15.1. The summed E-state index contributed by atoms with van der Waals surface area (Å²) in [5, 5.41) is 9.39. The second-order valence-electron chi connectivity index (χ2n) is 4.75. The number of hydrogen-bond donors (Lipinski definition) is 0. The monoisotopic (exact) mass is 258 g/mol. The molecule has 0 atom stereocenters. The molecule has 0 unspecified atom stereocenters. The Morgan fingerprint density at radius 3 is 3.00 bits per heavy atom. The minimum atomic E-state index is 0.721. The fourth-order valence-corrected chi connectivity index (χ4v) is 2.98. The van der Waals surface area contributed by atoms with Crippen molar-refractivity contribution >= 4 is 23.3 Å². The van der Waals surface area contributed by atoms with Crippen molar-refractivity contribution in [3.8, 4) is 6.07 Å². The second kappa shape index (κ2) is 4.21. The number of fused-ring (bicyclic) bond motifs is 3. The Balaban J connectivity index is 2.47. The summed E-state index contributed by atoms with van der Waals surface area (Å²) >= 11 is 5.48. The molecule has 2 aromatic heterocycles. The van der Waals surface area contributed by atoms with Crippen molar-refractivity contribution in [2.24, 2.45) is 7.05 Å². The van der Waals surface area contributed by atoms with E-state index in [1.807, 2.05) is 11.6 Å². The third kappa shape index (κ3) is 1.49. The van der Waals surface area contributed by atoms with Crippen molar-refractivity contribution < 1.29 is 0 Å². The van der Waals surface area contributed by atoms with Crippen molar-refractivity contribution in [3.63, 3.8) is 0 Å². The van der Waals surface area contributed by atoms with Gasteiger partial charge in [0.25, 0.3) is 0 Å². The maximum Gasteiger partial charge on any atom is 0.133 e. The first-order chi connectivity index (χ1) is 8.74. The highest BCUT2D eigenvalue weighted by Crippen LogP contribution is 2.28. The van der Waals surface area contributed by atoms with E-state index in [0.717, 1.165) is 52.7 Å². The zero-order valence-electron chi connectivity index (χ0n) is 10.3. The number of aryl methyl sites for hydroxylation is 2. The van der Waals surface area contributed by atoms with E-state index in [1.54, 1.807) is 6.33 Å². The first-order valence-electron chi connectivity index (χ1n) is 6.21. The predicted molar refractivity (Wildman–Crippen MR) is 71.8 cm³/mol. The van der Waals surface area contributed by atoms with Crippen molar-refractivity contribution in [2.75, 3.05) is 0 Å². The van der Waals surface area contributed by atoms with Crippen LogP contribution in [0.1, 0.15) is 30.5 Å². The minimum absolute atomic E-state index is 0.721. The molecule has 1 aliphatic heterocycles. The second-order valence-corrected chi connectivity index (χ2v) is 5.14. The van der Waals surface area contributed by atoms with Gasteiger partial charge in [0, 0.05) is 19.3 Å². The molecule has 2 aromatic rings. The van der Waals surface area contributed by atoms with E-state index in [4.69, 9.17) is 12.2 Å². The molecule has 1 aliphatic rings. The highest BCUT2D eigenvalue weighted by atomic mass is 32.1. The minimum Gasteiger partial charge on any atom is -0.340 e. The van der Waals surface area contributed by atoms with Crippen molar-refractivity contribution in [3.05, 3.63) is 22.2 Å². The lowest BCUT2D eigenvalue weighted by molar-refractivity contribution is 0.646. The first-order valence-corrected chi connectivity index (χ1v) is 6.61. The molecule has 0 spiro atoms. The van der Waals surface area contributed by atoms with Crippen molar-refractivity contribution in [2.45, 2.75) is 32.2 Å². The van der Waals surface area contributed by atoms with E-state index in [9.17, 15) is 5.26 Å². The Labute approximate surface area is 110 Å². The summed E-state index contributed by atoms with van der Waals surface area (Å²) in [5.74, 6) is 0. The lowest BCUT2D eigenvalue weighted by atomic mass is 10.1. The molecule has 0 fully saturated rings. The molecule has 0 bridgehead atoms. The van der Waals surface area contributed by atoms with E-state index in [-0.39, 0.29) is 0 Å². The average molecular weight is 258 g/mol. The molecule has 0 saturated heterocycles. The molecular weight excluding hydrogens is 244 g/mol. The quantitative estimate of drug-likeness (QED) is 0.683. The topological polar surface area (TPSA) is 46.5 Å². The zero-order valence-corrected chi connectivity index (χ0v) is 11.1. The van der Waals surface area contributed by atoms with Crippen LogP contribution in [0.15, 0.2) is 6.33 Å². The van der Waals surface area contributed by atoms with Crippen molar-refractivity contribution in [1.29, 1.82) is 5.26 Å². The molecule has 4 nitrogen and oxygen atoms in total. The Morgan fingerprint density at radius 2 is 2.22 bits per heavy atom. The SMILES string of the molecule is Cn1cnc2c(C#N)c3n(c2c1=S)CCCCC3. The number of rotatable bonds is 0. The average Bonchev–Trinajstić information content (AvgIpc) is 2.52. The molecule has 18 heavy (non-hydrogen) atoms. The molecule has 0 saturated carbocycles. The van der Waals surface area contributed by atoms with E-state index in [2.05, 4.69) is 15.6 Å². The highest BCUT2D eigenvalue weighted by Gasteiger charge is 2.20. The van der Waals surface area contributed by atoms with Crippen LogP contribution in [0.3, 0.4) is 0 Å². The first kappa shape index (κ1) is 11.4. The van der Waals surface area contributed by atoms with Crippen LogP contribution in [0.5, 0.6) is 0 Å². The van der Waals surface area contributed by atoms with E-state index in [0.29, 0.717) is 0 Å². The van der Waals surface area contributed by atoms with Crippen LogP contribution in [0, 0.1) is 16.0 Å². The molecule has 0 aromatic carbocycles. The molecular formula is C13H14N4S. The van der Waals surface area contributed by atoms with Gasteiger partial charge in [-0.3, -0.25) is 0 Å². The molecule has 0 radical (unpaired) electrons. The van der Waals surface area contributed by atoms with E-state index < -0.39 is 0 Å². The van der Waals surface area contributed by atoms with Gasteiger partial charge in [-0.25, -0.2) is 4.98 Å². The standard InChI is InChI=1S/C13H14N4S/c1-16-8-15-11-9(7-14)10-5-3-2-4-6-17(10)12(11)13(16)18/h8H,2-6H2,1H3. The van der Waals surface area contributed by atoms with Gasteiger partial charge in [0.1, 0.15) is 21.7 Å². The summed E-state index contributed by atoms with van der Waals surface area (Å²) in [7, 11) is 1.90. The maximum absolute atomic E-state index is 9.39. The smallest absolute Gasteiger partial charge is 0.133 e. The molecule has 0 amide bonds. The highest BCUT2D eigenvalue weighted by molar-refractivity contribution is 7.71. The van der Waals surface area contributed by atoms with Gasteiger partial charge in [0.05, 0.1) is 11.9 Å². The van der Waals surface area contributed by atoms with Crippen LogP contribution in [0.2, 0.25) is 0 Å². The number of nitrogens with zero attached hydrogens (tertiary/aromatic N) is 4. The van der Waals surface area contributed by atoms with E-state index in [1.165, 1.54) is 6.42 Å². The maximum atomic E-state index is 9.39. The largest absolute Gasteiger partial charge is 0.340 e. The third-order valence-electron chi connectivity index (χ3n) is 3.64. The Morgan fingerprint density at radius 1 is 1.39 bits per heavy atom. The lowest BCUT2D eigenvalue weighted by Gasteiger charge is -2.06. The molecule has 3 heterocycles. The third-order valence-corrected chi connectivity index (χ3v) is 4.12. The molecule has 0 aliphatic carbocycles. The summed E-state index contributed by atoms with van der Waals surface area (Å²) in [6, 6.07) is 2.31. The fourth-order valence-electron chi connectivity index (χ4n) is 2.72. The van der Waals surface area contributed by atoms with Gasteiger partial charge < -0.3 is 9.13 Å². The van der Waals surface area contributed by atoms with Gasteiger partial charge in [-0.15, -0.1) is 0 Å². The van der Waals surface area contributed by atoms with Crippen LogP contribution in [-0.4, -0.2) is 14.1 Å². The van der Waals surface area contributed by atoms with Gasteiger partial charge >= 0.3 is 0 Å². The summed E-state index contributed by atoms with van der Waals surface area (Å²) in [4.78, 5) is 4.40. The number of aromatic nitrogens is 3. The van der Waals surface area contributed by atoms with Crippen LogP contribution in [-0.2, 0) is 20.0 Å². The van der Waals surface area contributed by atoms with Gasteiger partial charge in [0.2, 0.25) is 0 Å².